The molecule has 1 aromatic carbocycles. The number of benzene rings is 1. The lowest BCUT2D eigenvalue weighted by Crippen LogP contribution is -2.30. The average molecular weight is 298 g/mol. The van der Waals surface area contributed by atoms with Crippen molar-refractivity contribution in [2.75, 3.05) is 13.2 Å². The van der Waals surface area contributed by atoms with Crippen molar-refractivity contribution in [1.82, 2.24) is 5.32 Å². The maximum absolute atomic E-state index is 12.5. The molecule has 1 saturated heterocycles. The summed E-state index contributed by atoms with van der Waals surface area (Å²) in [5.41, 5.74) is 0.231. The van der Waals surface area contributed by atoms with Crippen LogP contribution in [0.4, 0.5) is 13.2 Å². The van der Waals surface area contributed by atoms with Crippen molar-refractivity contribution in [2.24, 2.45) is 4.99 Å². The molecule has 3 rings (SSSR count). The third kappa shape index (κ3) is 3.37. The van der Waals surface area contributed by atoms with Gasteiger partial charge in [-0.1, -0.05) is 12.1 Å². The fraction of sp³-hybridized carbons (Fsp3) is 0.533. The first-order valence-corrected chi connectivity index (χ1v) is 7.12. The summed E-state index contributed by atoms with van der Waals surface area (Å²) in [5.74, 6) is 0.754. The Hall–Kier alpha value is -1.56. The molecule has 3 nitrogen and oxygen atoms in total. The minimum Gasteiger partial charge on any atom is -0.478 e. The van der Waals surface area contributed by atoms with Crippen LogP contribution in [0.15, 0.2) is 29.3 Å². The van der Waals surface area contributed by atoms with Crippen LogP contribution in [0.2, 0.25) is 0 Å². The first-order chi connectivity index (χ1) is 10.0. The van der Waals surface area contributed by atoms with E-state index in [-0.39, 0.29) is 12.1 Å². The predicted octanol–water partition coefficient (Wildman–Crippen LogP) is 2.80. The lowest BCUT2D eigenvalue weighted by atomic mass is 10.0. The van der Waals surface area contributed by atoms with Crippen LogP contribution in [0.3, 0.4) is 0 Å². The Kier molecular flexibility index (Phi) is 3.89. The Morgan fingerprint density at radius 3 is 2.62 bits per heavy atom. The summed E-state index contributed by atoms with van der Waals surface area (Å²) in [4.78, 5) is 4.55. The Balaban J connectivity index is 1.62. The molecule has 21 heavy (non-hydrogen) atoms. The maximum atomic E-state index is 12.5. The molecular weight excluding hydrogens is 281 g/mol. The van der Waals surface area contributed by atoms with E-state index in [2.05, 4.69) is 10.3 Å². The van der Waals surface area contributed by atoms with Gasteiger partial charge in [-0.2, -0.15) is 13.2 Å². The third-order valence-corrected chi connectivity index (χ3v) is 3.84. The van der Waals surface area contributed by atoms with Crippen LogP contribution in [0.25, 0.3) is 0 Å². The second-order valence-electron chi connectivity index (χ2n) is 5.48. The standard InChI is InChI=1S/C15H17F3N2O/c16-15(17,18)11-5-3-10(4-6-11)8-12-9-21-14(20-12)13-2-1-7-19-13/h3-6,12-13,19H,1-2,7-9H2. The number of nitrogens with one attached hydrogen (secondary N) is 1. The van der Waals surface area contributed by atoms with Gasteiger partial charge >= 0.3 is 6.18 Å². The van der Waals surface area contributed by atoms with Crippen molar-refractivity contribution in [1.29, 1.82) is 0 Å². The van der Waals surface area contributed by atoms with E-state index < -0.39 is 11.7 Å². The number of nitrogens with zero attached hydrogens (tertiary/aromatic N) is 1. The first kappa shape index (κ1) is 14.4. The van der Waals surface area contributed by atoms with Gasteiger partial charge < -0.3 is 10.1 Å². The minimum absolute atomic E-state index is 0.000799. The summed E-state index contributed by atoms with van der Waals surface area (Å²) < 4.78 is 43.1. The Labute approximate surface area is 121 Å². The molecule has 6 heteroatoms. The van der Waals surface area contributed by atoms with Crippen LogP contribution in [-0.2, 0) is 17.3 Å². The molecule has 0 radical (unpaired) electrons. The average Bonchev–Trinajstić information content (AvgIpc) is 3.08. The van der Waals surface area contributed by atoms with Gasteiger partial charge in [-0.05, 0) is 43.5 Å². The summed E-state index contributed by atoms with van der Waals surface area (Å²) in [5, 5.41) is 3.33. The predicted molar refractivity (Wildman–Crippen MR) is 73.3 cm³/mol. The summed E-state index contributed by atoms with van der Waals surface area (Å²) in [7, 11) is 0. The van der Waals surface area contributed by atoms with Gasteiger partial charge in [-0.25, -0.2) is 4.99 Å². The third-order valence-electron chi connectivity index (χ3n) is 3.84. The molecule has 2 aliphatic heterocycles. The number of halogens is 3. The zero-order valence-corrected chi connectivity index (χ0v) is 11.5. The van der Waals surface area contributed by atoms with Crippen LogP contribution >= 0.6 is 0 Å². The van der Waals surface area contributed by atoms with E-state index in [1.807, 2.05) is 0 Å². The van der Waals surface area contributed by atoms with Gasteiger partial charge in [0.1, 0.15) is 6.61 Å². The second kappa shape index (κ2) is 5.67. The largest absolute Gasteiger partial charge is 0.478 e. The summed E-state index contributed by atoms with van der Waals surface area (Å²) >= 11 is 0. The van der Waals surface area contributed by atoms with Gasteiger partial charge in [-0.3, -0.25) is 0 Å². The maximum Gasteiger partial charge on any atom is 0.416 e. The summed E-state index contributed by atoms with van der Waals surface area (Å²) in [6, 6.07) is 5.48. The number of hydrogen-bond donors (Lipinski definition) is 1. The van der Waals surface area contributed by atoms with Crippen LogP contribution in [-0.4, -0.2) is 31.1 Å². The van der Waals surface area contributed by atoms with Gasteiger partial charge in [0.15, 0.2) is 0 Å². The first-order valence-electron chi connectivity index (χ1n) is 7.12. The van der Waals surface area contributed by atoms with E-state index in [9.17, 15) is 13.2 Å². The molecule has 1 fully saturated rings. The smallest absolute Gasteiger partial charge is 0.416 e. The molecule has 2 unspecified atom stereocenters. The highest BCUT2D eigenvalue weighted by molar-refractivity contribution is 5.83. The molecule has 0 aromatic heterocycles. The number of aliphatic imine (C=N–C) groups is 1. The number of alkyl halides is 3. The van der Waals surface area contributed by atoms with Crippen molar-refractivity contribution >= 4 is 5.90 Å². The highest BCUT2D eigenvalue weighted by atomic mass is 19.4. The molecule has 0 bridgehead atoms. The van der Waals surface area contributed by atoms with Gasteiger partial charge in [0.05, 0.1) is 17.6 Å². The molecule has 0 spiro atoms. The number of ether oxygens (including phenoxy) is 1. The fourth-order valence-corrected chi connectivity index (χ4v) is 2.73. The van der Waals surface area contributed by atoms with E-state index in [0.29, 0.717) is 13.0 Å². The molecule has 0 amide bonds. The normalized spacial score (nSPS) is 25.8. The van der Waals surface area contributed by atoms with Crippen LogP contribution in [0.5, 0.6) is 0 Å². The van der Waals surface area contributed by atoms with Crippen LogP contribution < -0.4 is 5.32 Å². The summed E-state index contributed by atoms with van der Waals surface area (Å²) in [6.07, 6.45) is -1.52. The Morgan fingerprint density at radius 1 is 1.24 bits per heavy atom. The minimum atomic E-state index is -4.28. The van der Waals surface area contributed by atoms with Gasteiger partial charge in [0.25, 0.3) is 0 Å². The quantitative estimate of drug-likeness (QED) is 0.931. The number of hydrogen-bond acceptors (Lipinski definition) is 3. The van der Waals surface area contributed by atoms with Crippen LogP contribution in [0, 0.1) is 0 Å². The van der Waals surface area contributed by atoms with Crippen molar-refractivity contribution in [3.8, 4) is 0 Å². The van der Waals surface area contributed by atoms with Crippen molar-refractivity contribution < 1.29 is 17.9 Å². The van der Waals surface area contributed by atoms with Crippen molar-refractivity contribution in [3.05, 3.63) is 35.4 Å². The molecule has 2 heterocycles. The molecule has 0 aliphatic carbocycles. The number of rotatable bonds is 3. The SMILES string of the molecule is FC(F)(F)c1ccc(CC2COC(C3CCCN3)=N2)cc1. The van der Waals surface area contributed by atoms with Gasteiger partial charge in [0.2, 0.25) is 5.90 Å². The van der Waals surface area contributed by atoms with E-state index in [1.54, 1.807) is 0 Å². The molecule has 2 atom stereocenters. The molecule has 1 aromatic rings. The second-order valence-corrected chi connectivity index (χ2v) is 5.48. The van der Waals surface area contributed by atoms with E-state index >= 15 is 0 Å². The zero-order chi connectivity index (χ0) is 14.9. The van der Waals surface area contributed by atoms with Crippen molar-refractivity contribution in [3.63, 3.8) is 0 Å². The van der Waals surface area contributed by atoms with Crippen LogP contribution in [0.1, 0.15) is 24.0 Å². The summed E-state index contributed by atoms with van der Waals surface area (Å²) in [6.45, 7) is 1.49. The van der Waals surface area contributed by atoms with E-state index in [0.717, 1.165) is 43.0 Å². The zero-order valence-electron chi connectivity index (χ0n) is 11.5. The van der Waals surface area contributed by atoms with E-state index in [4.69, 9.17) is 4.74 Å². The molecular formula is C15H17F3N2O. The lowest BCUT2D eigenvalue weighted by molar-refractivity contribution is -0.137. The molecule has 2 aliphatic rings. The van der Waals surface area contributed by atoms with E-state index in [1.165, 1.54) is 12.1 Å². The van der Waals surface area contributed by atoms with Crippen molar-refractivity contribution in [2.45, 2.75) is 37.5 Å². The fourth-order valence-electron chi connectivity index (χ4n) is 2.73. The molecule has 0 saturated carbocycles. The highest BCUT2D eigenvalue weighted by Crippen LogP contribution is 2.29. The monoisotopic (exact) mass is 298 g/mol. The molecule has 114 valence electrons. The Bertz CT molecular complexity index is 519. The Morgan fingerprint density at radius 2 is 2.00 bits per heavy atom. The topological polar surface area (TPSA) is 33.6 Å². The molecule has 1 N–H and O–H groups in total. The van der Waals surface area contributed by atoms with Gasteiger partial charge in [0, 0.05) is 0 Å². The lowest BCUT2D eigenvalue weighted by Gasteiger charge is -2.08. The highest BCUT2D eigenvalue weighted by Gasteiger charge is 2.31. The van der Waals surface area contributed by atoms with Gasteiger partial charge in [-0.15, -0.1) is 0 Å².